The predicted octanol–water partition coefficient (Wildman–Crippen LogP) is 13.8. The number of hydrogen-bond donors (Lipinski definition) is 1. The van der Waals surface area contributed by atoms with Crippen LogP contribution in [0.1, 0.15) is 219 Å². The number of carboxylic acids is 1. The standard InChI is InChI=1S/C51H93NO7/c1-6-8-10-12-14-16-18-20-21-22-23-24-25-26-27-28-30-32-34-36-38-40-42-50(54)59-47(45-57-44-43-48(51(55)56)52(3,4)5)46-58-49(53)41-39-37-35-33-31-29-19-17-15-13-11-9-7-2/h14,16,20-21,23-24,47-48H,6-13,15,17-19,22,25-46H2,1-5H3/p+1/b16-14+,21-20+,24-23+. The molecule has 59 heavy (non-hydrogen) atoms. The molecule has 0 fully saturated rings. The number of quaternary nitrogens is 1. The van der Waals surface area contributed by atoms with E-state index in [1.807, 2.05) is 21.1 Å². The van der Waals surface area contributed by atoms with Crippen molar-refractivity contribution in [1.29, 1.82) is 0 Å². The summed E-state index contributed by atoms with van der Waals surface area (Å²) in [5.74, 6) is -1.46. The first-order valence-electron chi connectivity index (χ1n) is 24.5. The highest BCUT2D eigenvalue weighted by Crippen LogP contribution is 2.15. The summed E-state index contributed by atoms with van der Waals surface area (Å²) in [5, 5.41) is 9.64. The van der Waals surface area contributed by atoms with Gasteiger partial charge in [-0.05, 0) is 51.4 Å². The molecule has 8 nitrogen and oxygen atoms in total. The molecule has 0 spiro atoms. The van der Waals surface area contributed by atoms with Gasteiger partial charge < -0.3 is 23.8 Å². The van der Waals surface area contributed by atoms with Crippen molar-refractivity contribution in [2.75, 3.05) is 41.0 Å². The minimum atomic E-state index is -0.874. The zero-order valence-corrected chi connectivity index (χ0v) is 39.2. The van der Waals surface area contributed by atoms with E-state index in [4.69, 9.17) is 14.2 Å². The van der Waals surface area contributed by atoms with Gasteiger partial charge in [0.05, 0.1) is 34.4 Å². The van der Waals surface area contributed by atoms with Crippen molar-refractivity contribution in [2.24, 2.45) is 0 Å². The van der Waals surface area contributed by atoms with E-state index in [0.29, 0.717) is 19.3 Å². The number of likely N-dealkylation sites (N-methyl/N-ethyl adjacent to an activating group) is 1. The summed E-state index contributed by atoms with van der Waals surface area (Å²) in [6.07, 6.45) is 49.0. The van der Waals surface area contributed by atoms with Crippen molar-refractivity contribution < 1.29 is 38.2 Å². The van der Waals surface area contributed by atoms with Crippen LogP contribution in [0.4, 0.5) is 0 Å². The van der Waals surface area contributed by atoms with Crippen LogP contribution in [0.5, 0.6) is 0 Å². The molecule has 0 aliphatic heterocycles. The number of unbranched alkanes of at least 4 members (excludes halogenated alkanes) is 24. The van der Waals surface area contributed by atoms with Gasteiger partial charge >= 0.3 is 17.9 Å². The summed E-state index contributed by atoms with van der Waals surface area (Å²) in [6, 6.07) is -0.614. The van der Waals surface area contributed by atoms with E-state index in [9.17, 15) is 19.5 Å². The maximum Gasteiger partial charge on any atom is 0.362 e. The highest BCUT2D eigenvalue weighted by Gasteiger charge is 2.31. The third-order valence-corrected chi connectivity index (χ3v) is 11.0. The van der Waals surface area contributed by atoms with E-state index in [1.165, 1.54) is 128 Å². The first-order chi connectivity index (χ1) is 28.6. The van der Waals surface area contributed by atoms with Crippen molar-refractivity contribution in [2.45, 2.75) is 231 Å². The number of ether oxygens (including phenoxy) is 3. The van der Waals surface area contributed by atoms with Crippen molar-refractivity contribution in [3.05, 3.63) is 36.5 Å². The summed E-state index contributed by atoms with van der Waals surface area (Å²) in [5.41, 5.74) is 0. The lowest BCUT2D eigenvalue weighted by molar-refractivity contribution is -0.887. The summed E-state index contributed by atoms with van der Waals surface area (Å²) in [7, 11) is 5.53. The molecule has 2 atom stereocenters. The Hall–Kier alpha value is -2.45. The Morgan fingerprint density at radius 1 is 0.508 bits per heavy atom. The number of hydrogen-bond acceptors (Lipinski definition) is 6. The van der Waals surface area contributed by atoms with Gasteiger partial charge in [0.15, 0.2) is 12.1 Å². The number of aliphatic carboxylic acids is 1. The first-order valence-corrected chi connectivity index (χ1v) is 24.5. The molecule has 0 aromatic heterocycles. The van der Waals surface area contributed by atoms with Crippen LogP contribution in [0.3, 0.4) is 0 Å². The highest BCUT2D eigenvalue weighted by atomic mass is 16.6. The van der Waals surface area contributed by atoms with Gasteiger partial charge in [-0.1, -0.05) is 185 Å². The van der Waals surface area contributed by atoms with Gasteiger partial charge in [0.2, 0.25) is 0 Å². The predicted molar refractivity (Wildman–Crippen MR) is 248 cm³/mol. The second-order valence-electron chi connectivity index (χ2n) is 17.7. The lowest BCUT2D eigenvalue weighted by Crippen LogP contribution is -2.50. The zero-order valence-electron chi connectivity index (χ0n) is 39.2. The van der Waals surface area contributed by atoms with E-state index in [0.717, 1.165) is 57.8 Å². The molecule has 8 heteroatoms. The Labute approximate surface area is 364 Å². The zero-order chi connectivity index (χ0) is 43.5. The van der Waals surface area contributed by atoms with Gasteiger partial charge in [-0.15, -0.1) is 0 Å². The van der Waals surface area contributed by atoms with Crippen molar-refractivity contribution in [3.8, 4) is 0 Å². The van der Waals surface area contributed by atoms with Crippen LogP contribution in [-0.2, 0) is 28.6 Å². The van der Waals surface area contributed by atoms with Crippen molar-refractivity contribution >= 4 is 17.9 Å². The van der Waals surface area contributed by atoms with E-state index >= 15 is 0 Å². The van der Waals surface area contributed by atoms with Crippen LogP contribution < -0.4 is 0 Å². The average Bonchev–Trinajstić information content (AvgIpc) is 3.19. The van der Waals surface area contributed by atoms with E-state index in [2.05, 4.69) is 50.3 Å². The van der Waals surface area contributed by atoms with Gasteiger partial charge in [-0.3, -0.25) is 9.59 Å². The summed E-state index contributed by atoms with van der Waals surface area (Å²) < 4.78 is 17.3. The van der Waals surface area contributed by atoms with Gasteiger partial charge in [-0.25, -0.2) is 4.79 Å². The van der Waals surface area contributed by atoms with Gasteiger partial charge in [-0.2, -0.15) is 0 Å². The van der Waals surface area contributed by atoms with Gasteiger partial charge in [0.1, 0.15) is 6.61 Å². The number of carbonyl (C=O) groups excluding carboxylic acids is 2. The van der Waals surface area contributed by atoms with Gasteiger partial charge in [0, 0.05) is 19.3 Å². The third-order valence-electron chi connectivity index (χ3n) is 11.0. The van der Waals surface area contributed by atoms with Gasteiger partial charge in [0.25, 0.3) is 0 Å². The Balaban J connectivity index is 4.25. The monoisotopic (exact) mass is 833 g/mol. The molecule has 0 aliphatic carbocycles. The molecule has 0 radical (unpaired) electrons. The number of carboxylic acid groups (broad SMARTS) is 1. The van der Waals surface area contributed by atoms with Crippen LogP contribution in [0.2, 0.25) is 0 Å². The first kappa shape index (κ1) is 56.5. The van der Waals surface area contributed by atoms with Crippen LogP contribution in [0, 0.1) is 0 Å². The smallest absolute Gasteiger partial charge is 0.362 e. The summed E-state index contributed by atoms with van der Waals surface area (Å²) in [4.78, 5) is 37.1. The molecular weight excluding hydrogens is 739 g/mol. The number of carbonyl (C=O) groups is 3. The van der Waals surface area contributed by atoms with Crippen LogP contribution in [-0.4, -0.2) is 80.6 Å². The quantitative estimate of drug-likeness (QED) is 0.0282. The lowest BCUT2D eigenvalue weighted by atomic mass is 10.0. The van der Waals surface area contributed by atoms with E-state index in [1.54, 1.807) is 0 Å². The van der Waals surface area contributed by atoms with Crippen LogP contribution >= 0.6 is 0 Å². The Bertz CT molecular complexity index is 1060. The van der Waals surface area contributed by atoms with Crippen molar-refractivity contribution in [3.63, 3.8) is 0 Å². The van der Waals surface area contributed by atoms with Crippen LogP contribution in [0.15, 0.2) is 36.5 Å². The molecule has 0 aliphatic rings. The van der Waals surface area contributed by atoms with E-state index < -0.39 is 18.1 Å². The molecule has 0 aromatic rings. The average molecular weight is 833 g/mol. The molecule has 1 N–H and O–H groups in total. The fourth-order valence-electron chi connectivity index (χ4n) is 7.22. The molecule has 0 aromatic carbocycles. The SMILES string of the molecule is CCCCC/C=C/C/C=C/C/C=C/CCCCCCCCCCCC(=O)OC(COCCC(C(=O)O)[N+](C)(C)C)COC(=O)CCCCCCCCCCCCCCC. The highest BCUT2D eigenvalue weighted by molar-refractivity contribution is 5.72. The molecule has 344 valence electrons. The number of allylic oxidation sites excluding steroid dienone is 6. The Kier molecular flexibility index (Phi) is 40.5. The summed E-state index contributed by atoms with van der Waals surface area (Å²) >= 11 is 0. The lowest BCUT2D eigenvalue weighted by Gasteiger charge is -2.31. The van der Waals surface area contributed by atoms with Crippen molar-refractivity contribution in [1.82, 2.24) is 0 Å². The largest absolute Gasteiger partial charge is 0.477 e. The fraction of sp³-hybridized carbons (Fsp3) is 0.824. The molecule has 0 amide bonds. The Morgan fingerprint density at radius 2 is 0.898 bits per heavy atom. The minimum Gasteiger partial charge on any atom is -0.477 e. The fourth-order valence-corrected chi connectivity index (χ4v) is 7.22. The molecule has 0 saturated heterocycles. The third kappa shape index (κ3) is 40.7. The molecule has 2 unspecified atom stereocenters. The maximum atomic E-state index is 12.8. The molecule has 0 bridgehead atoms. The second-order valence-corrected chi connectivity index (χ2v) is 17.7. The normalized spacial score (nSPS) is 13.2. The number of esters is 2. The maximum absolute atomic E-state index is 12.8. The van der Waals surface area contributed by atoms with E-state index in [-0.39, 0.29) is 36.2 Å². The Morgan fingerprint density at radius 3 is 1.36 bits per heavy atom. The second kappa shape index (κ2) is 42.2. The summed E-state index contributed by atoms with van der Waals surface area (Å²) in [6.45, 7) is 4.72. The topological polar surface area (TPSA) is 99.1 Å². The minimum absolute atomic E-state index is 0.0499. The molecule has 0 saturated carbocycles. The molecule has 0 heterocycles. The molecular formula is C51H94NO7+. The molecule has 0 rings (SSSR count). The van der Waals surface area contributed by atoms with Crippen LogP contribution in [0.25, 0.3) is 0 Å². The number of nitrogens with zero attached hydrogens (tertiary/aromatic N) is 1. The number of rotatable bonds is 44.